The van der Waals surface area contributed by atoms with Gasteiger partial charge in [-0.3, -0.25) is 14.2 Å². The first-order valence-corrected chi connectivity index (χ1v) is 10.5. The summed E-state index contributed by atoms with van der Waals surface area (Å²) in [5.74, 6) is 0.658. The van der Waals surface area contributed by atoms with E-state index in [1.54, 1.807) is 23.9 Å². The summed E-state index contributed by atoms with van der Waals surface area (Å²) in [4.78, 5) is 42.5. The fourth-order valence-corrected chi connectivity index (χ4v) is 4.54. The second kappa shape index (κ2) is 7.32. The van der Waals surface area contributed by atoms with Crippen LogP contribution in [0.1, 0.15) is 16.8 Å². The van der Waals surface area contributed by atoms with E-state index in [0.717, 1.165) is 10.9 Å². The molecule has 3 aromatic rings. The average Bonchev–Trinajstić information content (AvgIpc) is 3.37. The largest absolute Gasteiger partial charge is 0.335 e. The van der Waals surface area contributed by atoms with Crippen LogP contribution in [0.3, 0.4) is 0 Å². The maximum atomic E-state index is 13.0. The van der Waals surface area contributed by atoms with Gasteiger partial charge in [0.25, 0.3) is 11.5 Å². The Labute approximate surface area is 181 Å². The second-order valence-corrected chi connectivity index (χ2v) is 8.51. The van der Waals surface area contributed by atoms with Gasteiger partial charge in [-0.05, 0) is 36.8 Å². The number of aromatic nitrogens is 4. The number of likely N-dealkylation sites (tertiary alicyclic amines) is 1. The number of hydrogen-bond donors (Lipinski definition) is 0. The van der Waals surface area contributed by atoms with Gasteiger partial charge in [0.2, 0.25) is 5.95 Å². The fraction of sp³-hybridized carbons (Fsp3) is 0.286. The fourth-order valence-electron chi connectivity index (χ4n) is 4.28. The van der Waals surface area contributed by atoms with Crippen molar-refractivity contribution in [3.05, 3.63) is 69.3 Å². The summed E-state index contributed by atoms with van der Waals surface area (Å²) < 4.78 is 2.51. The molecule has 2 saturated heterocycles. The Kier molecular flexibility index (Phi) is 4.62. The minimum Gasteiger partial charge on any atom is -0.335 e. The van der Waals surface area contributed by atoms with Gasteiger partial charge in [0.1, 0.15) is 6.33 Å². The zero-order valence-electron chi connectivity index (χ0n) is 16.3. The van der Waals surface area contributed by atoms with Gasteiger partial charge in [-0.1, -0.05) is 15.9 Å². The first-order chi connectivity index (χ1) is 14.5. The van der Waals surface area contributed by atoms with Gasteiger partial charge < -0.3 is 9.80 Å². The summed E-state index contributed by atoms with van der Waals surface area (Å²) in [7, 11) is 1.73. The van der Waals surface area contributed by atoms with Crippen molar-refractivity contribution in [3.63, 3.8) is 0 Å². The Morgan fingerprint density at radius 2 is 1.90 bits per heavy atom. The topological polar surface area (TPSA) is 84.2 Å². The lowest BCUT2D eigenvalue weighted by Gasteiger charge is -2.35. The summed E-state index contributed by atoms with van der Waals surface area (Å²) >= 11 is 3.41. The zero-order chi connectivity index (χ0) is 20.8. The maximum Gasteiger partial charge on any atom is 0.255 e. The van der Waals surface area contributed by atoms with E-state index in [1.807, 2.05) is 29.2 Å². The lowest BCUT2D eigenvalue weighted by Crippen LogP contribution is -2.50. The van der Waals surface area contributed by atoms with Crippen LogP contribution in [0.2, 0.25) is 0 Å². The van der Waals surface area contributed by atoms with Crippen LogP contribution in [0.5, 0.6) is 0 Å². The molecule has 1 aromatic carbocycles. The number of carbonyl (C=O) groups excluding carboxylic acids is 1. The summed E-state index contributed by atoms with van der Waals surface area (Å²) in [6.07, 6.45) is 3.94. The van der Waals surface area contributed by atoms with Crippen LogP contribution in [-0.4, -0.2) is 55.5 Å². The van der Waals surface area contributed by atoms with E-state index < -0.39 is 0 Å². The lowest BCUT2D eigenvalue weighted by molar-refractivity contribution is 0.0725. The monoisotopic (exact) mass is 466 g/mol. The highest BCUT2D eigenvalue weighted by Gasteiger charge is 2.46. The van der Waals surface area contributed by atoms with Gasteiger partial charge in [0.05, 0.1) is 23.5 Å². The number of fused-ring (bicyclic) bond motifs is 2. The Balaban J connectivity index is 1.41. The van der Waals surface area contributed by atoms with E-state index in [1.165, 1.54) is 12.4 Å². The smallest absolute Gasteiger partial charge is 0.255 e. The first kappa shape index (κ1) is 18.9. The molecular formula is C21H19BrN6O2. The quantitative estimate of drug-likeness (QED) is 0.587. The van der Waals surface area contributed by atoms with E-state index in [2.05, 4.69) is 30.8 Å². The number of halogens is 1. The highest BCUT2D eigenvalue weighted by molar-refractivity contribution is 9.10. The Morgan fingerprint density at radius 3 is 2.57 bits per heavy atom. The van der Waals surface area contributed by atoms with Crippen LogP contribution in [-0.2, 0) is 7.05 Å². The number of nitrogens with zero attached hydrogens (tertiary/aromatic N) is 6. The van der Waals surface area contributed by atoms with Gasteiger partial charge in [-0.15, -0.1) is 0 Å². The molecule has 0 saturated carbocycles. The van der Waals surface area contributed by atoms with Crippen molar-refractivity contribution >= 4 is 27.8 Å². The lowest BCUT2D eigenvalue weighted by atomic mass is 10.2. The minimum atomic E-state index is -0.140. The molecule has 2 aliphatic rings. The predicted octanol–water partition coefficient (Wildman–Crippen LogP) is 2.10. The molecule has 1 unspecified atom stereocenters. The van der Waals surface area contributed by atoms with Crippen LogP contribution in [0.15, 0.2) is 58.2 Å². The molecular weight excluding hydrogens is 448 g/mol. The molecule has 2 atom stereocenters. The molecule has 30 heavy (non-hydrogen) atoms. The molecule has 0 radical (unpaired) electrons. The highest BCUT2D eigenvalue weighted by atomic mass is 79.9. The van der Waals surface area contributed by atoms with E-state index in [4.69, 9.17) is 4.98 Å². The summed E-state index contributed by atoms with van der Waals surface area (Å²) in [6, 6.07) is 10.9. The van der Waals surface area contributed by atoms with Crippen molar-refractivity contribution in [3.8, 4) is 11.4 Å². The van der Waals surface area contributed by atoms with Gasteiger partial charge in [0, 0.05) is 42.4 Å². The van der Waals surface area contributed by atoms with E-state index in [9.17, 15) is 9.59 Å². The molecule has 0 N–H and O–H groups in total. The van der Waals surface area contributed by atoms with Gasteiger partial charge in [-0.2, -0.15) is 0 Å². The third-order valence-corrected chi connectivity index (χ3v) is 6.33. The third-order valence-electron chi connectivity index (χ3n) is 5.81. The van der Waals surface area contributed by atoms with E-state index in [-0.39, 0.29) is 23.6 Å². The van der Waals surface area contributed by atoms with Crippen molar-refractivity contribution in [1.29, 1.82) is 0 Å². The van der Waals surface area contributed by atoms with Crippen LogP contribution < -0.4 is 10.5 Å². The van der Waals surface area contributed by atoms with E-state index >= 15 is 0 Å². The van der Waals surface area contributed by atoms with Gasteiger partial charge in [-0.25, -0.2) is 15.0 Å². The van der Waals surface area contributed by atoms with Crippen molar-refractivity contribution in [2.45, 2.75) is 18.5 Å². The van der Waals surface area contributed by atoms with Crippen molar-refractivity contribution in [2.24, 2.45) is 7.05 Å². The number of benzene rings is 1. The highest BCUT2D eigenvalue weighted by Crippen LogP contribution is 2.34. The number of piperazine rings is 1. The molecule has 8 nitrogen and oxygen atoms in total. The molecule has 0 spiro atoms. The molecule has 2 bridgehead atoms. The van der Waals surface area contributed by atoms with Crippen molar-refractivity contribution < 1.29 is 4.79 Å². The summed E-state index contributed by atoms with van der Waals surface area (Å²) in [6.45, 7) is 1.27. The molecule has 2 aromatic heterocycles. The SMILES string of the molecule is Cn1c(N2CC3C[C@H]2CN3C(=O)c2ccc(Br)cc2)nc(-c2ccncn2)cc1=O. The number of amides is 1. The molecule has 9 heteroatoms. The maximum absolute atomic E-state index is 13.0. The normalized spacial score (nSPS) is 20.1. The number of hydrogen-bond acceptors (Lipinski definition) is 6. The number of carbonyl (C=O) groups is 1. The predicted molar refractivity (Wildman–Crippen MR) is 115 cm³/mol. The molecule has 0 aliphatic carbocycles. The van der Waals surface area contributed by atoms with Crippen LogP contribution in [0, 0.1) is 0 Å². The molecule has 2 fully saturated rings. The van der Waals surface area contributed by atoms with Crippen molar-refractivity contribution in [1.82, 2.24) is 24.4 Å². The van der Waals surface area contributed by atoms with Crippen LogP contribution in [0.25, 0.3) is 11.4 Å². The van der Waals surface area contributed by atoms with Crippen molar-refractivity contribution in [2.75, 3.05) is 18.0 Å². The third kappa shape index (κ3) is 3.19. The average molecular weight is 467 g/mol. The molecule has 5 rings (SSSR count). The molecule has 4 heterocycles. The first-order valence-electron chi connectivity index (χ1n) is 9.69. The van der Waals surface area contributed by atoms with Gasteiger partial charge in [0.15, 0.2) is 0 Å². The van der Waals surface area contributed by atoms with Crippen LogP contribution >= 0.6 is 15.9 Å². The van der Waals surface area contributed by atoms with Gasteiger partial charge >= 0.3 is 0 Å². The zero-order valence-corrected chi connectivity index (χ0v) is 17.9. The Bertz CT molecular complexity index is 1160. The standard InChI is InChI=1S/C21H19BrN6O2/c1-26-19(29)9-18(17-6-7-23-12-24-17)25-21(26)28-11-15-8-16(28)10-27(15)20(30)13-2-4-14(22)5-3-13/h2-7,9,12,15-16H,8,10-11H2,1H3/t15?,16-/m0/s1. The second-order valence-electron chi connectivity index (χ2n) is 7.59. The molecule has 152 valence electrons. The number of anilines is 1. The Hall–Kier alpha value is -3.07. The summed E-state index contributed by atoms with van der Waals surface area (Å²) in [5.41, 5.74) is 1.69. The minimum absolute atomic E-state index is 0.0474. The Morgan fingerprint density at radius 1 is 1.10 bits per heavy atom. The molecule has 1 amide bonds. The van der Waals surface area contributed by atoms with Crippen LogP contribution in [0.4, 0.5) is 5.95 Å². The number of rotatable bonds is 3. The molecule has 2 aliphatic heterocycles. The van der Waals surface area contributed by atoms with E-state index in [0.29, 0.717) is 36.0 Å². The summed E-state index contributed by atoms with van der Waals surface area (Å²) in [5, 5.41) is 0.